The zero-order valence-corrected chi connectivity index (χ0v) is 7.28. The zero-order valence-electron chi connectivity index (χ0n) is 7.28. The normalized spacial score (nSPS) is 8.92. The molecule has 0 fully saturated rings. The molecule has 3 heteroatoms. The van der Waals surface area contributed by atoms with Crippen molar-refractivity contribution in [3.05, 3.63) is 29.8 Å². The van der Waals surface area contributed by atoms with E-state index in [1.807, 2.05) is 6.92 Å². The number of ether oxygens (including phenoxy) is 1. The molecule has 0 bridgehead atoms. The maximum atomic E-state index is 10.9. The molecule has 0 aliphatic heterocycles. The monoisotopic (exact) mass is 175 g/mol. The molecule has 0 spiro atoms. The van der Waals surface area contributed by atoms with Gasteiger partial charge in [0.05, 0.1) is 6.61 Å². The predicted octanol–water partition coefficient (Wildman–Crippen LogP) is 1.79. The Bertz CT molecular complexity index is 335. The van der Waals surface area contributed by atoms with E-state index in [0.717, 1.165) is 0 Å². The van der Waals surface area contributed by atoms with Gasteiger partial charge in [-0.05, 0) is 31.2 Å². The van der Waals surface area contributed by atoms with Crippen molar-refractivity contribution in [2.75, 3.05) is 6.61 Å². The highest BCUT2D eigenvalue weighted by molar-refractivity contribution is 6.07. The molecule has 0 saturated heterocycles. The number of Topliss-reactive ketones (excluding diaryl/α,β-unsaturated/α-hetero) is 1. The number of hydrogen-bond donors (Lipinski definition) is 0. The molecule has 13 heavy (non-hydrogen) atoms. The summed E-state index contributed by atoms with van der Waals surface area (Å²) in [5, 5.41) is 8.33. The van der Waals surface area contributed by atoms with E-state index in [0.29, 0.717) is 17.9 Å². The number of benzene rings is 1. The molecule has 0 radical (unpaired) electrons. The quantitative estimate of drug-likeness (QED) is 0.519. The number of ketones is 1. The van der Waals surface area contributed by atoms with E-state index < -0.39 is 5.78 Å². The lowest BCUT2D eigenvalue weighted by Gasteiger charge is -2.01. The minimum atomic E-state index is -0.525. The van der Waals surface area contributed by atoms with Gasteiger partial charge >= 0.3 is 0 Å². The summed E-state index contributed by atoms with van der Waals surface area (Å²) < 4.78 is 5.18. The van der Waals surface area contributed by atoms with Crippen LogP contribution in [0.3, 0.4) is 0 Å². The number of rotatable bonds is 3. The van der Waals surface area contributed by atoms with Crippen molar-refractivity contribution >= 4 is 5.78 Å². The van der Waals surface area contributed by atoms with Gasteiger partial charge in [-0.15, -0.1) is 0 Å². The van der Waals surface area contributed by atoms with Crippen LogP contribution in [0, 0.1) is 11.3 Å². The Hall–Kier alpha value is -1.82. The summed E-state index contributed by atoms with van der Waals surface area (Å²) in [5.74, 6) is 0.181. The molecule has 1 rings (SSSR count). The smallest absolute Gasteiger partial charge is 0.262 e. The van der Waals surface area contributed by atoms with Crippen LogP contribution in [-0.4, -0.2) is 12.4 Å². The van der Waals surface area contributed by atoms with Crippen LogP contribution in [0.1, 0.15) is 17.3 Å². The highest BCUT2D eigenvalue weighted by Crippen LogP contribution is 2.11. The summed E-state index contributed by atoms with van der Waals surface area (Å²) in [6.45, 7) is 2.47. The third-order valence-corrected chi connectivity index (χ3v) is 1.53. The van der Waals surface area contributed by atoms with Gasteiger partial charge in [-0.2, -0.15) is 5.26 Å². The third kappa shape index (κ3) is 2.31. The molecule has 0 atom stereocenters. The molecular formula is C10H9NO2. The summed E-state index contributed by atoms with van der Waals surface area (Å²) in [6.07, 6.45) is 0. The van der Waals surface area contributed by atoms with E-state index in [4.69, 9.17) is 10.00 Å². The molecule has 1 aromatic carbocycles. The van der Waals surface area contributed by atoms with E-state index in [-0.39, 0.29) is 0 Å². The molecule has 0 aliphatic carbocycles. The summed E-state index contributed by atoms with van der Waals surface area (Å²) >= 11 is 0. The number of carbonyl (C=O) groups is 1. The van der Waals surface area contributed by atoms with Gasteiger partial charge in [0, 0.05) is 5.56 Å². The predicted molar refractivity (Wildman–Crippen MR) is 47.6 cm³/mol. The van der Waals surface area contributed by atoms with Crippen molar-refractivity contribution in [1.82, 2.24) is 0 Å². The van der Waals surface area contributed by atoms with Gasteiger partial charge in [0.1, 0.15) is 11.8 Å². The van der Waals surface area contributed by atoms with Gasteiger partial charge in [0.2, 0.25) is 0 Å². The summed E-state index contributed by atoms with van der Waals surface area (Å²) in [4.78, 5) is 10.9. The van der Waals surface area contributed by atoms with Crippen LogP contribution < -0.4 is 4.74 Å². The molecule has 0 unspecified atom stereocenters. The summed E-state index contributed by atoms with van der Waals surface area (Å²) in [7, 11) is 0. The van der Waals surface area contributed by atoms with Gasteiger partial charge in [0.15, 0.2) is 0 Å². The van der Waals surface area contributed by atoms with Crippen LogP contribution in [0.25, 0.3) is 0 Å². The minimum Gasteiger partial charge on any atom is -0.494 e. The van der Waals surface area contributed by atoms with Gasteiger partial charge in [-0.25, -0.2) is 0 Å². The fraction of sp³-hybridized carbons (Fsp3) is 0.200. The Morgan fingerprint density at radius 3 is 2.54 bits per heavy atom. The zero-order chi connectivity index (χ0) is 9.68. The molecule has 0 saturated carbocycles. The average Bonchev–Trinajstić information content (AvgIpc) is 2.18. The van der Waals surface area contributed by atoms with Crippen molar-refractivity contribution in [2.45, 2.75) is 6.92 Å². The first-order valence-corrected chi connectivity index (χ1v) is 3.95. The summed E-state index contributed by atoms with van der Waals surface area (Å²) in [6, 6.07) is 8.06. The van der Waals surface area contributed by atoms with Gasteiger partial charge < -0.3 is 4.74 Å². The van der Waals surface area contributed by atoms with Crippen LogP contribution in [0.4, 0.5) is 0 Å². The average molecular weight is 175 g/mol. The van der Waals surface area contributed by atoms with Gasteiger partial charge in [-0.1, -0.05) is 0 Å². The molecule has 1 aromatic rings. The highest BCUT2D eigenvalue weighted by Gasteiger charge is 2.02. The molecular weight excluding hydrogens is 166 g/mol. The van der Waals surface area contributed by atoms with E-state index in [9.17, 15) is 4.79 Å². The molecule has 0 amide bonds. The van der Waals surface area contributed by atoms with Crippen molar-refractivity contribution in [3.63, 3.8) is 0 Å². The molecule has 0 heterocycles. The fourth-order valence-corrected chi connectivity index (χ4v) is 0.934. The van der Waals surface area contributed by atoms with Gasteiger partial charge in [0.25, 0.3) is 5.78 Å². The van der Waals surface area contributed by atoms with Crippen LogP contribution in [-0.2, 0) is 0 Å². The van der Waals surface area contributed by atoms with E-state index in [1.165, 1.54) is 0 Å². The Kier molecular flexibility index (Phi) is 3.04. The third-order valence-electron chi connectivity index (χ3n) is 1.53. The van der Waals surface area contributed by atoms with E-state index in [1.54, 1.807) is 30.3 Å². The molecule has 0 aliphatic rings. The Morgan fingerprint density at radius 1 is 1.46 bits per heavy atom. The maximum absolute atomic E-state index is 10.9. The Labute approximate surface area is 76.6 Å². The lowest BCUT2D eigenvalue weighted by molar-refractivity contribution is 0.105. The minimum absolute atomic E-state index is 0.394. The maximum Gasteiger partial charge on any atom is 0.262 e. The Balaban J connectivity index is 2.82. The number of nitrogens with zero attached hydrogens (tertiary/aromatic N) is 1. The van der Waals surface area contributed by atoms with Gasteiger partial charge in [-0.3, -0.25) is 4.79 Å². The van der Waals surface area contributed by atoms with Crippen LogP contribution in [0.15, 0.2) is 24.3 Å². The van der Waals surface area contributed by atoms with Crippen molar-refractivity contribution < 1.29 is 9.53 Å². The number of carbonyl (C=O) groups excluding carboxylic acids is 1. The first kappa shape index (κ1) is 9.27. The standard InChI is InChI=1S/C10H9NO2/c1-2-13-9-5-3-8(4-6-9)10(12)7-11/h3-6H,2H2,1H3. The molecule has 0 aromatic heterocycles. The van der Waals surface area contributed by atoms with Crippen molar-refractivity contribution in [2.24, 2.45) is 0 Å². The second kappa shape index (κ2) is 4.27. The molecule has 66 valence electrons. The topological polar surface area (TPSA) is 50.1 Å². The number of hydrogen-bond acceptors (Lipinski definition) is 3. The van der Waals surface area contributed by atoms with Crippen molar-refractivity contribution in [3.8, 4) is 11.8 Å². The first-order chi connectivity index (χ1) is 6.27. The lowest BCUT2D eigenvalue weighted by atomic mass is 10.1. The SMILES string of the molecule is CCOc1ccc(C(=O)C#N)cc1. The fourth-order valence-electron chi connectivity index (χ4n) is 0.934. The molecule has 3 nitrogen and oxygen atoms in total. The second-order valence-corrected chi connectivity index (χ2v) is 2.40. The van der Waals surface area contributed by atoms with Crippen LogP contribution in [0.5, 0.6) is 5.75 Å². The second-order valence-electron chi connectivity index (χ2n) is 2.40. The van der Waals surface area contributed by atoms with E-state index in [2.05, 4.69) is 0 Å². The largest absolute Gasteiger partial charge is 0.494 e. The van der Waals surface area contributed by atoms with Crippen molar-refractivity contribution in [1.29, 1.82) is 5.26 Å². The van der Waals surface area contributed by atoms with Crippen LogP contribution >= 0.6 is 0 Å². The first-order valence-electron chi connectivity index (χ1n) is 3.95. The highest BCUT2D eigenvalue weighted by atomic mass is 16.5. The van der Waals surface area contributed by atoms with E-state index >= 15 is 0 Å². The number of nitriles is 1. The molecule has 0 N–H and O–H groups in total. The lowest BCUT2D eigenvalue weighted by Crippen LogP contribution is -1.95. The van der Waals surface area contributed by atoms with Crippen LogP contribution in [0.2, 0.25) is 0 Å². The summed E-state index contributed by atoms with van der Waals surface area (Å²) in [5.41, 5.74) is 0.394. The Morgan fingerprint density at radius 2 is 2.08 bits per heavy atom.